The van der Waals surface area contributed by atoms with Gasteiger partial charge in [-0.3, -0.25) is 4.79 Å². The Balaban J connectivity index is 0.000000150. The van der Waals surface area contributed by atoms with Crippen LogP contribution in [-0.2, 0) is 6.54 Å². The van der Waals surface area contributed by atoms with Crippen LogP contribution in [0.15, 0.2) is 47.3 Å². The molecule has 2 aromatic carbocycles. The molecule has 2 heterocycles. The molecular formula is C17H16N4O4. The molecule has 3 aromatic rings. The molecule has 0 unspecified atom stereocenters. The van der Waals surface area contributed by atoms with E-state index in [1.807, 2.05) is 18.2 Å². The Morgan fingerprint density at radius 2 is 2.08 bits per heavy atom. The fourth-order valence-corrected chi connectivity index (χ4v) is 2.35. The normalized spacial score (nSPS) is 11.7. The number of aromatic amines is 1. The van der Waals surface area contributed by atoms with Crippen LogP contribution in [0.2, 0.25) is 0 Å². The summed E-state index contributed by atoms with van der Waals surface area (Å²) in [6.45, 7) is 1.15. The van der Waals surface area contributed by atoms with Gasteiger partial charge >= 0.3 is 5.97 Å². The number of para-hydroxylation sites is 1. The number of rotatable bonds is 2. The van der Waals surface area contributed by atoms with Gasteiger partial charge in [-0.2, -0.15) is 0 Å². The summed E-state index contributed by atoms with van der Waals surface area (Å²) in [6, 6.07) is 12.5. The number of nitrogens with zero attached hydrogens (tertiary/aromatic N) is 1. The topological polar surface area (TPSA) is 130 Å². The molecule has 0 amide bonds. The van der Waals surface area contributed by atoms with Gasteiger partial charge in [0.25, 0.3) is 5.56 Å². The first-order chi connectivity index (χ1) is 12.1. The summed E-state index contributed by atoms with van der Waals surface area (Å²) in [6.07, 6.45) is 0. The summed E-state index contributed by atoms with van der Waals surface area (Å²) < 4.78 is 5.25. The van der Waals surface area contributed by atoms with Gasteiger partial charge in [-0.05, 0) is 29.8 Å². The predicted octanol–water partition coefficient (Wildman–Crippen LogP) is 1.53. The summed E-state index contributed by atoms with van der Waals surface area (Å²) >= 11 is 0. The minimum Gasteiger partial charge on any atom is -0.475 e. The molecule has 0 aliphatic carbocycles. The molecule has 1 aliphatic rings. The smallest absolute Gasteiger partial charge is 0.372 e. The first-order valence-electron chi connectivity index (χ1n) is 7.50. The highest BCUT2D eigenvalue weighted by molar-refractivity contribution is 5.86. The SMILES string of the molecule is NCc1ccc2c(c1)NCO2.O=C(O)c1nc2ccccc2c(=O)[nH]1. The fourth-order valence-electron chi connectivity index (χ4n) is 2.35. The highest BCUT2D eigenvalue weighted by atomic mass is 16.5. The molecule has 0 radical (unpaired) electrons. The maximum absolute atomic E-state index is 11.3. The molecule has 5 N–H and O–H groups in total. The second-order valence-electron chi connectivity index (χ2n) is 5.24. The Morgan fingerprint density at radius 3 is 2.84 bits per heavy atom. The molecule has 0 saturated carbocycles. The van der Waals surface area contributed by atoms with E-state index in [4.69, 9.17) is 15.6 Å². The minimum atomic E-state index is -1.24. The molecule has 0 fully saturated rings. The van der Waals surface area contributed by atoms with E-state index in [9.17, 15) is 9.59 Å². The molecule has 1 aliphatic heterocycles. The number of aromatic carboxylic acids is 1. The summed E-state index contributed by atoms with van der Waals surface area (Å²) in [5.41, 5.74) is 7.60. The van der Waals surface area contributed by atoms with Crippen molar-refractivity contribution >= 4 is 22.6 Å². The number of hydrogen-bond acceptors (Lipinski definition) is 6. The Labute approximate surface area is 142 Å². The van der Waals surface area contributed by atoms with Crippen molar-refractivity contribution in [2.45, 2.75) is 6.54 Å². The van der Waals surface area contributed by atoms with Crippen LogP contribution >= 0.6 is 0 Å². The number of anilines is 1. The third-order valence-electron chi connectivity index (χ3n) is 3.59. The van der Waals surface area contributed by atoms with E-state index in [0.717, 1.165) is 17.0 Å². The number of aromatic nitrogens is 2. The summed E-state index contributed by atoms with van der Waals surface area (Å²) in [5.74, 6) is -0.663. The average molecular weight is 340 g/mol. The molecular weight excluding hydrogens is 324 g/mol. The van der Waals surface area contributed by atoms with E-state index < -0.39 is 11.5 Å². The van der Waals surface area contributed by atoms with E-state index >= 15 is 0 Å². The Bertz CT molecular complexity index is 984. The highest BCUT2D eigenvalue weighted by Gasteiger charge is 2.10. The van der Waals surface area contributed by atoms with E-state index in [1.165, 1.54) is 0 Å². The van der Waals surface area contributed by atoms with Gasteiger partial charge < -0.3 is 25.9 Å². The standard InChI is InChI=1S/C9H6N2O3.C8H10N2O/c12-8-5-3-1-2-4-6(5)10-7(11-8)9(13)14;9-4-6-1-2-8-7(3-6)10-5-11-8/h1-4H,(H,13,14)(H,10,11,12);1-3,10H,4-5,9H2. The van der Waals surface area contributed by atoms with Gasteiger partial charge in [-0.15, -0.1) is 0 Å². The fraction of sp³-hybridized carbons (Fsp3) is 0.118. The lowest BCUT2D eigenvalue weighted by atomic mass is 10.2. The van der Waals surface area contributed by atoms with Gasteiger partial charge in [0.15, 0.2) is 6.73 Å². The van der Waals surface area contributed by atoms with Crippen molar-refractivity contribution in [3.63, 3.8) is 0 Å². The van der Waals surface area contributed by atoms with Gasteiger partial charge in [0.05, 0.1) is 16.6 Å². The zero-order chi connectivity index (χ0) is 17.8. The van der Waals surface area contributed by atoms with Crippen LogP contribution in [-0.4, -0.2) is 27.8 Å². The van der Waals surface area contributed by atoms with Crippen molar-refractivity contribution in [3.8, 4) is 5.75 Å². The minimum absolute atomic E-state index is 0.339. The van der Waals surface area contributed by atoms with Crippen molar-refractivity contribution in [2.24, 2.45) is 5.73 Å². The Morgan fingerprint density at radius 1 is 1.28 bits per heavy atom. The van der Waals surface area contributed by atoms with E-state index in [2.05, 4.69) is 15.3 Å². The number of fused-ring (bicyclic) bond motifs is 2. The van der Waals surface area contributed by atoms with Crippen LogP contribution in [0.25, 0.3) is 10.9 Å². The maximum Gasteiger partial charge on any atom is 0.372 e. The zero-order valence-electron chi connectivity index (χ0n) is 13.2. The number of carboxylic acids is 1. The molecule has 0 atom stereocenters. The number of nitrogens with two attached hydrogens (primary N) is 1. The van der Waals surface area contributed by atoms with Crippen LogP contribution in [0.4, 0.5) is 5.69 Å². The van der Waals surface area contributed by atoms with Crippen LogP contribution in [0, 0.1) is 0 Å². The Hall–Kier alpha value is -3.39. The maximum atomic E-state index is 11.3. The van der Waals surface area contributed by atoms with Crippen molar-refractivity contribution in [2.75, 3.05) is 12.0 Å². The molecule has 0 bridgehead atoms. The lowest BCUT2D eigenvalue weighted by molar-refractivity contribution is 0.0683. The third kappa shape index (κ3) is 3.59. The average Bonchev–Trinajstić information content (AvgIpc) is 3.09. The molecule has 0 spiro atoms. The second kappa shape index (κ2) is 7.02. The molecule has 8 nitrogen and oxygen atoms in total. The van der Waals surface area contributed by atoms with Gasteiger partial charge in [0.1, 0.15) is 5.75 Å². The largest absolute Gasteiger partial charge is 0.475 e. The van der Waals surface area contributed by atoms with E-state index in [-0.39, 0.29) is 5.82 Å². The molecule has 25 heavy (non-hydrogen) atoms. The first kappa shape index (κ1) is 16.5. The molecule has 8 heteroatoms. The van der Waals surface area contributed by atoms with Crippen LogP contribution in [0.1, 0.15) is 16.2 Å². The Kier molecular flexibility index (Phi) is 4.62. The van der Waals surface area contributed by atoms with Crippen molar-refractivity contribution in [1.29, 1.82) is 0 Å². The number of ether oxygens (including phenoxy) is 1. The number of benzene rings is 2. The third-order valence-corrected chi connectivity index (χ3v) is 3.59. The predicted molar refractivity (Wildman–Crippen MR) is 92.8 cm³/mol. The van der Waals surface area contributed by atoms with Crippen LogP contribution in [0.5, 0.6) is 5.75 Å². The molecule has 128 valence electrons. The van der Waals surface area contributed by atoms with Crippen LogP contribution in [0.3, 0.4) is 0 Å². The molecule has 4 rings (SSSR count). The van der Waals surface area contributed by atoms with Crippen LogP contribution < -0.4 is 21.3 Å². The number of carbonyl (C=O) groups is 1. The molecule has 0 saturated heterocycles. The van der Waals surface area contributed by atoms with Gasteiger partial charge in [0, 0.05) is 6.54 Å². The monoisotopic (exact) mass is 340 g/mol. The number of nitrogens with one attached hydrogen (secondary N) is 2. The first-order valence-corrected chi connectivity index (χ1v) is 7.50. The zero-order valence-corrected chi connectivity index (χ0v) is 13.2. The number of H-pyrrole nitrogens is 1. The van der Waals surface area contributed by atoms with Crippen molar-refractivity contribution in [1.82, 2.24) is 9.97 Å². The quantitative estimate of drug-likeness (QED) is 0.556. The highest BCUT2D eigenvalue weighted by Crippen LogP contribution is 2.29. The summed E-state index contributed by atoms with van der Waals surface area (Å²) in [4.78, 5) is 27.9. The summed E-state index contributed by atoms with van der Waals surface area (Å²) in [7, 11) is 0. The van der Waals surface area contributed by atoms with Crippen molar-refractivity contribution in [3.05, 3.63) is 64.2 Å². The van der Waals surface area contributed by atoms with E-state index in [0.29, 0.717) is 24.2 Å². The lowest BCUT2D eigenvalue weighted by Gasteiger charge is -1.99. The van der Waals surface area contributed by atoms with Gasteiger partial charge in [0.2, 0.25) is 5.82 Å². The van der Waals surface area contributed by atoms with Gasteiger partial charge in [-0.25, -0.2) is 9.78 Å². The molecule has 1 aromatic heterocycles. The number of hydrogen-bond donors (Lipinski definition) is 4. The summed E-state index contributed by atoms with van der Waals surface area (Å²) in [5, 5.41) is 12.1. The van der Waals surface area contributed by atoms with Crippen molar-refractivity contribution < 1.29 is 14.6 Å². The van der Waals surface area contributed by atoms with Gasteiger partial charge in [-0.1, -0.05) is 18.2 Å². The van der Waals surface area contributed by atoms with E-state index in [1.54, 1.807) is 24.3 Å². The number of carboxylic acid groups (broad SMARTS) is 1. The second-order valence-corrected chi connectivity index (χ2v) is 5.24. The lowest BCUT2D eigenvalue weighted by Crippen LogP contribution is -2.15.